The molecule has 0 fully saturated rings. The van der Waals surface area contributed by atoms with E-state index in [2.05, 4.69) is 5.10 Å². The minimum atomic E-state index is -0.415. The number of nitro groups is 1. The quantitative estimate of drug-likeness (QED) is 0.616. The lowest BCUT2D eigenvalue weighted by Crippen LogP contribution is -2.26. The minimum absolute atomic E-state index is 0.0563. The van der Waals surface area contributed by atoms with Gasteiger partial charge in [0.05, 0.1) is 10.6 Å². The summed E-state index contributed by atoms with van der Waals surface area (Å²) in [5, 5.41) is 18.0. The van der Waals surface area contributed by atoms with Crippen LogP contribution in [0.3, 0.4) is 0 Å². The third-order valence-corrected chi connectivity index (χ3v) is 4.34. The number of non-ortho nitro benzene ring substituents is 1. The van der Waals surface area contributed by atoms with E-state index in [1.54, 1.807) is 17.1 Å². The molecule has 0 aliphatic carbocycles. The standard InChI is InChI=1S/C16H15N3O3S/c1-2-22-16-18(13-8-10-14(11-9-13)19(20)21)17-15(23-16)12-6-4-3-5-7-12/h3-11,16H,2H2,1H3. The molecule has 1 heterocycles. The predicted octanol–water partition coefficient (Wildman–Crippen LogP) is 3.83. The van der Waals surface area contributed by atoms with Crippen molar-refractivity contribution in [3.05, 3.63) is 70.3 Å². The van der Waals surface area contributed by atoms with Crippen molar-refractivity contribution >= 4 is 28.2 Å². The van der Waals surface area contributed by atoms with Crippen LogP contribution in [0.5, 0.6) is 0 Å². The third-order valence-electron chi connectivity index (χ3n) is 3.27. The lowest BCUT2D eigenvalue weighted by molar-refractivity contribution is -0.384. The van der Waals surface area contributed by atoms with Crippen LogP contribution in [0.4, 0.5) is 11.4 Å². The molecule has 0 saturated heterocycles. The van der Waals surface area contributed by atoms with Gasteiger partial charge in [-0.2, -0.15) is 5.10 Å². The largest absolute Gasteiger partial charge is 0.347 e. The first-order valence-electron chi connectivity index (χ1n) is 7.15. The van der Waals surface area contributed by atoms with Crippen LogP contribution in [-0.4, -0.2) is 22.1 Å². The Kier molecular flexibility index (Phi) is 4.59. The van der Waals surface area contributed by atoms with Crippen molar-refractivity contribution < 1.29 is 9.66 Å². The Hall–Kier alpha value is -2.38. The number of hydrazone groups is 1. The normalized spacial score (nSPS) is 17.2. The molecule has 0 spiro atoms. The van der Waals surface area contributed by atoms with Gasteiger partial charge in [-0.1, -0.05) is 30.3 Å². The highest BCUT2D eigenvalue weighted by atomic mass is 32.2. The molecule has 1 aliphatic rings. The maximum Gasteiger partial charge on any atom is 0.269 e. The van der Waals surface area contributed by atoms with Crippen molar-refractivity contribution in [1.82, 2.24) is 0 Å². The Balaban J connectivity index is 1.90. The van der Waals surface area contributed by atoms with Gasteiger partial charge in [0.2, 0.25) is 5.56 Å². The fraction of sp³-hybridized carbons (Fsp3) is 0.188. The SMILES string of the molecule is CCOC1SC(c2ccccc2)=NN1c1ccc([N+](=O)[O-])cc1. The summed E-state index contributed by atoms with van der Waals surface area (Å²) < 4.78 is 5.74. The number of rotatable bonds is 5. The summed E-state index contributed by atoms with van der Waals surface area (Å²) in [6.07, 6.45) is 0. The number of ether oxygens (including phenoxy) is 1. The third kappa shape index (κ3) is 3.35. The summed E-state index contributed by atoms with van der Waals surface area (Å²) in [5.41, 5.74) is 1.55. The van der Waals surface area contributed by atoms with E-state index in [9.17, 15) is 10.1 Å². The van der Waals surface area contributed by atoms with E-state index in [1.807, 2.05) is 37.3 Å². The van der Waals surface area contributed by atoms with Crippen LogP contribution in [0.1, 0.15) is 12.5 Å². The lowest BCUT2D eigenvalue weighted by Gasteiger charge is -2.21. The van der Waals surface area contributed by atoms with Gasteiger partial charge < -0.3 is 4.74 Å². The summed E-state index contributed by atoms with van der Waals surface area (Å²) in [6, 6.07) is 16.2. The van der Waals surface area contributed by atoms with Gasteiger partial charge in [0, 0.05) is 24.3 Å². The van der Waals surface area contributed by atoms with Crippen LogP contribution in [0, 0.1) is 10.1 Å². The summed E-state index contributed by atoms with van der Waals surface area (Å²) in [6.45, 7) is 2.48. The van der Waals surface area contributed by atoms with Gasteiger partial charge in [0.15, 0.2) is 0 Å². The van der Waals surface area contributed by atoms with Crippen molar-refractivity contribution in [3.8, 4) is 0 Å². The smallest absolute Gasteiger partial charge is 0.269 e. The van der Waals surface area contributed by atoms with E-state index >= 15 is 0 Å². The van der Waals surface area contributed by atoms with Crippen LogP contribution in [0.2, 0.25) is 0 Å². The molecular formula is C16H15N3O3S. The molecule has 1 aliphatic heterocycles. The zero-order valence-electron chi connectivity index (χ0n) is 12.5. The van der Waals surface area contributed by atoms with Crippen molar-refractivity contribution in [2.45, 2.75) is 12.5 Å². The van der Waals surface area contributed by atoms with E-state index in [-0.39, 0.29) is 11.2 Å². The first kappa shape index (κ1) is 15.5. The van der Waals surface area contributed by atoms with E-state index in [0.29, 0.717) is 6.61 Å². The zero-order valence-corrected chi connectivity index (χ0v) is 13.3. The molecule has 0 N–H and O–H groups in total. The van der Waals surface area contributed by atoms with Crippen LogP contribution in [0.25, 0.3) is 0 Å². The number of thioether (sulfide) groups is 1. The Labute approximate surface area is 137 Å². The highest BCUT2D eigenvalue weighted by Gasteiger charge is 2.30. The predicted molar refractivity (Wildman–Crippen MR) is 91.6 cm³/mol. The Morgan fingerprint density at radius 1 is 1.22 bits per heavy atom. The fourth-order valence-electron chi connectivity index (χ4n) is 2.17. The first-order chi connectivity index (χ1) is 11.2. The Morgan fingerprint density at radius 3 is 2.52 bits per heavy atom. The van der Waals surface area contributed by atoms with Crippen LogP contribution in [-0.2, 0) is 4.74 Å². The number of anilines is 1. The van der Waals surface area contributed by atoms with Gasteiger partial charge in [0.1, 0.15) is 5.04 Å². The molecule has 0 bridgehead atoms. The van der Waals surface area contributed by atoms with Gasteiger partial charge in [0.25, 0.3) is 5.69 Å². The number of nitro benzene ring substituents is 1. The molecule has 1 atom stereocenters. The van der Waals surface area contributed by atoms with Gasteiger partial charge >= 0.3 is 0 Å². The Bertz CT molecular complexity index is 719. The summed E-state index contributed by atoms with van der Waals surface area (Å²) in [7, 11) is 0. The molecule has 0 radical (unpaired) electrons. The highest BCUT2D eigenvalue weighted by Crippen LogP contribution is 2.35. The number of benzene rings is 2. The van der Waals surface area contributed by atoms with E-state index in [4.69, 9.17) is 4.74 Å². The molecule has 0 amide bonds. The lowest BCUT2D eigenvalue weighted by atomic mass is 10.2. The molecule has 7 heteroatoms. The van der Waals surface area contributed by atoms with Crippen LogP contribution in [0.15, 0.2) is 59.7 Å². The molecule has 118 valence electrons. The molecule has 0 saturated carbocycles. The molecule has 6 nitrogen and oxygen atoms in total. The van der Waals surface area contributed by atoms with Crippen molar-refractivity contribution in [3.63, 3.8) is 0 Å². The maximum atomic E-state index is 10.8. The fourth-order valence-corrected chi connectivity index (χ4v) is 3.25. The van der Waals surface area contributed by atoms with Gasteiger partial charge in [-0.3, -0.25) is 10.1 Å². The summed E-state index contributed by atoms with van der Waals surface area (Å²) in [5.74, 6) is 0. The highest BCUT2D eigenvalue weighted by molar-refractivity contribution is 8.15. The molecule has 0 aromatic heterocycles. The molecule has 23 heavy (non-hydrogen) atoms. The van der Waals surface area contributed by atoms with Gasteiger partial charge in [-0.25, -0.2) is 5.01 Å². The second-order valence-electron chi connectivity index (χ2n) is 4.77. The molecule has 2 aromatic rings. The second-order valence-corrected chi connectivity index (χ2v) is 5.80. The average molecular weight is 329 g/mol. The van der Waals surface area contributed by atoms with Crippen LogP contribution < -0.4 is 5.01 Å². The monoisotopic (exact) mass is 329 g/mol. The van der Waals surface area contributed by atoms with E-state index in [1.165, 1.54) is 23.9 Å². The molecule has 3 rings (SSSR count). The number of hydrogen-bond acceptors (Lipinski definition) is 6. The zero-order chi connectivity index (χ0) is 16.2. The maximum absolute atomic E-state index is 10.8. The molecular weight excluding hydrogens is 314 g/mol. The van der Waals surface area contributed by atoms with Crippen molar-refractivity contribution in [1.29, 1.82) is 0 Å². The first-order valence-corrected chi connectivity index (χ1v) is 8.03. The topological polar surface area (TPSA) is 68.0 Å². The van der Waals surface area contributed by atoms with E-state index in [0.717, 1.165) is 16.3 Å². The van der Waals surface area contributed by atoms with Crippen LogP contribution >= 0.6 is 11.8 Å². The van der Waals surface area contributed by atoms with Crippen molar-refractivity contribution in [2.24, 2.45) is 5.10 Å². The average Bonchev–Trinajstić information content (AvgIpc) is 3.00. The van der Waals surface area contributed by atoms with Gasteiger partial charge in [-0.05, 0) is 30.8 Å². The number of nitrogens with zero attached hydrogens (tertiary/aromatic N) is 3. The minimum Gasteiger partial charge on any atom is -0.347 e. The summed E-state index contributed by atoms with van der Waals surface area (Å²) >= 11 is 1.52. The molecule has 2 aromatic carbocycles. The second kappa shape index (κ2) is 6.80. The summed E-state index contributed by atoms with van der Waals surface area (Å²) in [4.78, 5) is 10.4. The van der Waals surface area contributed by atoms with Crippen molar-refractivity contribution in [2.75, 3.05) is 11.6 Å². The van der Waals surface area contributed by atoms with E-state index < -0.39 is 4.92 Å². The number of hydrogen-bond donors (Lipinski definition) is 0. The van der Waals surface area contributed by atoms with Gasteiger partial charge in [-0.15, -0.1) is 0 Å². The molecule has 1 unspecified atom stereocenters. The Morgan fingerprint density at radius 2 is 1.91 bits per heavy atom.